The number of hydrogen-bond acceptors (Lipinski definition) is 6. The summed E-state index contributed by atoms with van der Waals surface area (Å²) in [6, 6.07) is 12.7. The van der Waals surface area contributed by atoms with Gasteiger partial charge in [-0.2, -0.15) is 0 Å². The Balaban J connectivity index is 1.39. The third-order valence-corrected chi connectivity index (χ3v) is 6.52. The molecule has 2 aromatic carbocycles. The Morgan fingerprint density at radius 2 is 2.00 bits per heavy atom. The van der Waals surface area contributed by atoms with E-state index in [1.54, 1.807) is 21.9 Å². The highest BCUT2D eigenvalue weighted by Gasteiger charge is 2.31. The number of oxazole rings is 1. The lowest BCUT2D eigenvalue weighted by Gasteiger charge is -2.39. The highest BCUT2D eigenvalue weighted by molar-refractivity contribution is 6.35. The second-order valence-corrected chi connectivity index (χ2v) is 9.07. The highest BCUT2D eigenvalue weighted by atomic mass is 35.5. The maximum absolute atomic E-state index is 13.4. The van der Waals surface area contributed by atoms with Crippen molar-refractivity contribution in [3.05, 3.63) is 59.4 Å². The maximum Gasteiger partial charge on any atom is 0.409 e. The van der Waals surface area contributed by atoms with E-state index >= 15 is 0 Å². The minimum Gasteiger partial charge on any atom is -0.449 e. The number of rotatable bonds is 4. The summed E-state index contributed by atoms with van der Waals surface area (Å²) >= 11 is 6.58. The fourth-order valence-corrected chi connectivity index (χ4v) is 4.62. The van der Waals surface area contributed by atoms with Crippen LogP contribution in [0.4, 0.5) is 4.79 Å². The number of pyridine rings is 1. The first-order chi connectivity index (χ1) is 16.9. The predicted octanol–water partition coefficient (Wildman–Crippen LogP) is 5.39. The average Bonchev–Trinajstić information content (AvgIpc) is 3.34. The van der Waals surface area contributed by atoms with Crippen LogP contribution in [0, 0.1) is 0 Å². The van der Waals surface area contributed by atoms with Crippen molar-refractivity contribution in [2.75, 3.05) is 26.2 Å². The third-order valence-electron chi connectivity index (χ3n) is 6.21. The molecule has 0 saturated carbocycles. The van der Waals surface area contributed by atoms with Crippen molar-refractivity contribution in [2.45, 2.75) is 26.3 Å². The molecule has 180 valence electrons. The molecule has 0 radical (unpaired) electrons. The average molecular weight is 493 g/mol. The largest absolute Gasteiger partial charge is 0.449 e. The van der Waals surface area contributed by atoms with Gasteiger partial charge in [-0.1, -0.05) is 24.6 Å². The van der Waals surface area contributed by atoms with Crippen LogP contribution < -0.4 is 0 Å². The summed E-state index contributed by atoms with van der Waals surface area (Å²) in [5.74, 6) is -0.103. The van der Waals surface area contributed by atoms with Crippen LogP contribution in [0.3, 0.4) is 0 Å². The van der Waals surface area contributed by atoms with E-state index in [0.717, 1.165) is 22.9 Å². The summed E-state index contributed by atoms with van der Waals surface area (Å²) in [5.41, 5.74) is 4.13. The Morgan fingerprint density at radius 3 is 2.80 bits per heavy atom. The van der Waals surface area contributed by atoms with Gasteiger partial charge >= 0.3 is 6.09 Å². The fourth-order valence-electron chi connectivity index (χ4n) is 4.36. The van der Waals surface area contributed by atoms with E-state index in [1.807, 2.05) is 44.2 Å². The SMILES string of the molecule is CCCOC(=O)N1CCN(C(=O)c2ccc3c(Cl)cc(-c4ccc5ocnc5c4)nc3c2)C(C)C1. The molecule has 8 nitrogen and oxygen atoms in total. The molecule has 35 heavy (non-hydrogen) atoms. The number of amides is 2. The molecule has 1 unspecified atom stereocenters. The molecule has 1 fully saturated rings. The minimum atomic E-state index is -0.327. The van der Waals surface area contributed by atoms with Crippen molar-refractivity contribution in [3.8, 4) is 11.3 Å². The Kier molecular flexibility index (Phi) is 6.30. The highest BCUT2D eigenvalue weighted by Crippen LogP contribution is 2.30. The molecule has 0 aliphatic carbocycles. The molecule has 2 amide bonds. The van der Waals surface area contributed by atoms with Gasteiger partial charge in [-0.25, -0.2) is 14.8 Å². The smallest absolute Gasteiger partial charge is 0.409 e. The number of carbonyl (C=O) groups excluding carboxylic acids is 2. The second-order valence-electron chi connectivity index (χ2n) is 8.66. The number of carbonyl (C=O) groups is 2. The normalized spacial score (nSPS) is 16.1. The molecule has 0 spiro atoms. The van der Waals surface area contributed by atoms with Gasteiger partial charge in [-0.05, 0) is 49.7 Å². The van der Waals surface area contributed by atoms with Gasteiger partial charge in [0.25, 0.3) is 5.91 Å². The van der Waals surface area contributed by atoms with Gasteiger partial charge in [0.05, 0.1) is 22.8 Å². The summed E-state index contributed by atoms with van der Waals surface area (Å²) in [5, 5.41) is 1.32. The van der Waals surface area contributed by atoms with Crippen molar-refractivity contribution < 1.29 is 18.7 Å². The van der Waals surface area contributed by atoms with E-state index in [4.69, 9.17) is 25.7 Å². The molecule has 0 bridgehead atoms. The minimum absolute atomic E-state index is 0.103. The molecular weight excluding hydrogens is 468 g/mol. The number of ether oxygens (including phenoxy) is 1. The summed E-state index contributed by atoms with van der Waals surface area (Å²) in [6.45, 7) is 5.59. The zero-order valence-corrected chi connectivity index (χ0v) is 20.3. The van der Waals surface area contributed by atoms with Crippen molar-refractivity contribution >= 4 is 45.6 Å². The Hall–Kier alpha value is -3.65. The summed E-state index contributed by atoms with van der Waals surface area (Å²) in [4.78, 5) is 38.0. The topological polar surface area (TPSA) is 88.8 Å². The quantitative estimate of drug-likeness (QED) is 0.379. The number of benzene rings is 2. The number of piperazine rings is 1. The first-order valence-electron chi connectivity index (χ1n) is 11.6. The van der Waals surface area contributed by atoms with Crippen LogP contribution in [-0.4, -0.2) is 64.1 Å². The summed E-state index contributed by atoms with van der Waals surface area (Å²) in [7, 11) is 0. The maximum atomic E-state index is 13.4. The van der Waals surface area contributed by atoms with Gasteiger partial charge in [0.1, 0.15) is 5.52 Å². The van der Waals surface area contributed by atoms with Gasteiger partial charge in [0, 0.05) is 42.2 Å². The molecule has 5 rings (SSSR count). The monoisotopic (exact) mass is 492 g/mol. The van der Waals surface area contributed by atoms with E-state index in [1.165, 1.54) is 6.39 Å². The van der Waals surface area contributed by atoms with Gasteiger partial charge in [0.2, 0.25) is 0 Å². The van der Waals surface area contributed by atoms with Crippen LogP contribution in [0.25, 0.3) is 33.3 Å². The van der Waals surface area contributed by atoms with Crippen LogP contribution in [0.5, 0.6) is 0 Å². The molecule has 1 aliphatic rings. The van der Waals surface area contributed by atoms with Gasteiger partial charge in [-0.3, -0.25) is 4.79 Å². The van der Waals surface area contributed by atoms with E-state index in [9.17, 15) is 9.59 Å². The van der Waals surface area contributed by atoms with Crippen LogP contribution in [0.15, 0.2) is 53.3 Å². The molecule has 3 heterocycles. The number of halogens is 1. The predicted molar refractivity (Wildman–Crippen MR) is 133 cm³/mol. The third kappa shape index (κ3) is 4.53. The van der Waals surface area contributed by atoms with Gasteiger partial charge in [-0.15, -0.1) is 0 Å². The zero-order valence-electron chi connectivity index (χ0n) is 19.5. The fraction of sp³-hybridized carbons (Fsp3) is 0.308. The molecule has 9 heteroatoms. The first-order valence-corrected chi connectivity index (χ1v) is 12.0. The van der Waals surface area contributed by atoms with Crippen LogP contribution in [0.2, 0.25) is 5.02 Å². The molecule has 1 atom stereocenters. The van der Waals surface area contributed by atoms with Crippen molar-refractivity contribution in [1.82, 2.24) is 19.8 Å². The molecule has 1 aliphatic heterocycles. The lowest BCUT2D eigenvalue weighted by molar-refractivity contribution is 0.0414. The van der Waals surface area contributed by atoms with E-state index in [-0.39, 0.29) is 18.0 Å². The number of aromatic nitrogens is 2. The first kappa shape index (κ1) is 23.1. The Morgan fingerprint density at radius 1 is 1.14 bits per heavy atom. The van der Waals surface area contributed by atoms with Crippen molar-refractivity contribution in [2.24, 2.45) is 0 Å². The summed E-state index contributed by atoms with van der Waals surface area (Å²) < 4.78 is 10.6. The zero-order chi connectivity index (χ0) is 24.5. The van der Waals surface area contributed by atoms with Gasteiger partial charge < -0.3 is 19.0 Å². The number of hydrogen-bond donors (Lipinski definition) is 0. The van der Waals surface area contributed by atoms with E-state index in [0.29, 0.717) is 53.6 Å². The molecule has 1 saturated heterocycles. The Bertz CT molecular complexity index is 1420. The Labute approximate surface area is 207 Å². The van der Waals surface area contributed by atoms with Crippen LogP contribution >= 0.6 is 11.6 Å². The van der Waals surface area contributed by atoms with E-state index in [2.05, 4.69) is 4.98 Å². The van der Waals surface area contributed by atoms with E-state index < -0.39 is 0 Å². The number of fused-ring (bicyclic) bond motifs is 2. The van der Waals surface area contributed by atoms with Crippen molar-refractivity contribution in [1.29, 1.82) is 0 Å². The van der Waals surface area contributed by atoms with Crippen LogP contribution in [0.1, 0.15) is 30.6 Å². The van der Waals surface area contributed by atoms with Gasteiger partial charge in [0.15, 0.2) is 12.0 Å². The van der Waals surface area contributed by atoms with Crippen LogP contribution in [-0.2, 0) is 4.74 Å². The molecule has 0 N–H and O–H groups in total. The summed E-state index contributed by atoms with van der Waals surface area (Å²) in [6.07, 6.45) is 1.85. The number of nitrogens with zero attached hydrogens (tertiary/aromatic N) is 4. The standard InChI is InChI=1S/C26H25ClN4O4/c1-3-10-34-26(33)30-8-9-31(16(2)14-30)25(32)18-4-6-19-20(27)13-21(29-22(19)12-18)17-5-7-24-23(11-17)28-15-35-24/h4-7,11-13,15-16H,3,8-10,14H2,1-2H3. The lowest BCUT2D eigenvalue weighted by atomic mass is 10.1. The molecule has 2 aromatic heterocycles. The van der Waals surface area contributed by atoms with Crippen molar-refractivity contribution in [3.63, 3.8) is 0 Å². The molecule has 4 aromatic rings. The molecular formula is C26H25ClN4O4. The second kappa shape index (κ2) is 9.54. The lowest BCUT2D eigenvalue weighted by Crippen LogP contribution is -2.55.